The minimum absolute atomic E-state index is 0.0120. The molecule has 0 radical (unpaired) electrons. The zero-order valence-corrected chi connectivity index (χ0v) is 20.3. The lowest BCUT2D eigenvalue weighted by Crippen LogP contribution is -2.15. The molecule has 1 fully saturated rings. The van der Waals surface area contributed by atoms with Crippen molar-refractivity contribution in [3.63, 3.8) is 0 Å². The molecule has 1 nitrogen and oxygen atoms in total. The van der Waals surface area contributed by atoms with Crippen molar-refractivity contribution in [1.82, 2.24) is 0 Å². The Morgan fingerprint density at radius 2 is 1.32 bits per heavy atom. The van der Waals surface area contributed by atoms with Crippen LogP contribution in [0.4, 0.5) is 11.4 Å². The third-order valence-corrected chi connectivity index (χ3v) is 8.09. The predicted octanol–water partition coefficient (Wildman–Crippen LogP) is 9.45. The lowest BCUT2D eigenvalue weighted by atomic mass is 9.82. The third kappa shape index (κ3) is 3.64. The highest BCUT2D eigenvalue weighted by Crippen LogP contribution is 2.49. The minimum Gasteiger partial charge on any atom is -0.355 e. The van der Waals surface area contributed by atoms with E-state index in [-0.39, 0.29) is 5.41 Å². The van der Waals surface area contributed by atoms with Crippen LogP contribution in [0.1, 0.15) is 68.6 Å². The fourth-order valence-corrected chi connectivity index (χ4v) is 6.15. The molecule has 170 valence electrons. The Morgan fingerprint density at radius 3 is 2.12 bits per heavy atom. The number of anilines is 2. The average molecular weight is 444 g/mol. The quantitative estimate of drug-likeness (QED) is 0.331. The van der Waals surface area contributed by atoms with E-state index < -0.39 is 0 Å². The van der Waals surface area contributed by atoms with E-state index in [0.717, 1.165) is 17.3 Å². The van der Waals surface area contributed by atoms with Crippen LogP contribution < -0.4 is 5.32 Å². The molecule has 0 aliphatic heterocycles. The standard InChI is InChI=1S/C33H33N/c1-33(2)30-14-8-6-13-28(30)29-21-20-26(22-31(29)33)34-32-15-9-7-12-27(32)25-18-16-24(17-19-25)23-10-4-3-5-11-23/h6-9,12-23,34H,3-5,10-11H2,1-2H3. The molecule has 4 aromatic rings. The van der Waals surface area contributed by atoms with Crippen molar-refractivity contribution in [3.8, 4) is 22.3 Å². The zero-order valence-electron chi connectivity index (χ0n) is 20.3. The highest BCUT2D eigenvalue weighted by molar-refractivity contribution is 5.85. The van der Waals surface area contributed by atoms with Gasteiger partial charge < -0.3 is 5.32 Å². The maximum absolute atomic E-state index is 3.74. The van der Waals surface area contributed by atoms with Crippen LogP contribution >= 0.6 is 0 Å². The van der Waals surface area contributed by atoms with Gasteiger partial charge in [-0.2, -0.15) is 0 Å². The van der Waals surface area contributed by atoms with Crippen LogP contribution in [0.15, 0.2) is 91.0 Å². The summed E-state index contributed by atoms with van der Waals surface area (Å²) in [5.41, 5.74) is 11.9. The third-order valence-electron chi connectivity index (χ3n) is 8.09. The van der Waals surface area contributed by atoms with Gasteiger partial charge in [0.15, 0.2) is 0 Å². The van der Waals surface area contributed by atoms with Crippen LogP contribution in [0.5, 0.6) is 0 Å². The number of fused-ring (bicyclic) bond motifs is 3. The molecular formula is C33H33N. The Hall–Kier alpha value is -3.32. The lowest BCUT2D eigenvalue weighted by Gasteiger charge is -2.23. The van der Waals surface area contributed by atoms with E-state index >= 15 is 0 Å². The Balaban J connectivity index is 1.30. The summed E-state index contributed by atoms with van der Waals surface area (Å²) in [6.07, 6.45) is 6.84. The van der Waals surface area contributed by atoms with Crippen molar-refractivity contribution in [1.29, 1.82) is 0 Å². The Morgan fingerprint density at radius 1 is 0.647 bits per heavy atom. The van der Waals surface area contributed by atoms with Crippen LogP contribution in [0.3, 0.4) is 0 Å². The molecule has 2 aliphatic carbocycles. The molecule has 0 bridgehead atoms. The molecule has 6 rings (SSSR count). The summed E-state index contributed by atoms with van der Waals surface area (Å²) in [5.74, 6) is 0.745. The summed E-state index contributed by atoms with van der Waals surface area (Å²) in [7, 11) is 0. The Bertz CT molecular complexity index is 1320. The molecule has 34 heavy (non-hydrogen) atoms. The number of benzene rings is 4. The van der Waals surface area contributed by atoms with E-state index in [0.29, 0.717) is 0 Å². The number of para-hydroxylation sites is 1. The molecule has 1 N–H and O–H groups in total. The van der Waals surface area contributed by atoms with Crippen LogP contribution in [-0.2, 0) is 5.41 Å². The highest BCUT2D eigenvalue weighted by Gasteiger charge is 2.35. The van der Waals surface area contributed by atoms with Crippen molar-refractivity contribution >= 4 is 11.4 Å². The van der Waals surface area contributed by atoms with Gasteiger partial charge in [0.05, 0.1) is 0 Å². The van der Waals surface area contributed by atoms with Gasteiger partial charge in [0.1, 0.15) is 0 Å². The minimum atomic E-state index is 0.0120. The maximum atomic E-state index is 3.74. The molecule has 1 heteroatoms. The lowest BCUT2D eigenvalue weighted by molar-refractivity contribution is 0.443. The summed E-state index contributed by atoms with van der Waals surface area (Å²) >= 11 is 0. The maximum Gasteiger partial charge on any atom is 0.0463 e. The molecule has 0 unspecified atom stereocenters. The molecule has 0 aromatic heterocycles. The van der Waals surface area contributed by atoms with E-state index in [2.05, 4.69) is 110 Å². The second-order valence-electron chi connectivity index (χ2n) is 10.6. The second kappa shape index (κ2) is 8.47. The summed E-state index contributed by atoms with van der Waals surface area (Å²) in [4.78, 5) is 0. The number of hydrogen-bond donors (Lipinski definition) is 1. The monoisotopic (exact) mass is 443 g/mol. The molecule has 0 atom stereocenters. The van der Waals surface area contributed by atoms with E-state index in [4.69, 9.17) is 0 Å². The first-order valence-corrected chi connectivity index (χ1v) is 12.8. The van der Waals surface area contributed by atoms with E-state index in [1.807, 2.05) is 0 Å². The number of nitrogens with one attached hydrogen (secondary N) is 1. The topological polar surface area (TPSA) is 12.0 Å². The van der Waals surface area contributed by atoms with Gasteiger partial charge in [-0.15, -0.1) is 0 Å². The first kappa shape index (κ1) is 21.2. The first-order valence-electron chi connectivity index (χ1n) is 12.8. The number of hydrogen-bond acceptors (Lipinski definition) is 1. The SMILES string of the molecule is CC1(C)c2ccccc2-c2ccc(Nc3ccccc3-c3ccc(C4CCCCC4)cc3)cc21. The van der Waals surface area contributed by atoms with Crippen molar-refractivity contribution in [2.75, 3.05) is 5.32 Å². The summed E-state index contributed by atoms with van der Waals surface area (Å²) in [5, 5.41) is 3.74. The van der Waals surface area contributed by atoms with Crippen LogP contribution in [0.2, 0.25) is 0 Å². The van der Waals surface area contributed by atoms with Crippen molar-refractivity contribution < 1.29 is 0 Å². The summed E-state index contributed by atoms with van der Waals surface area (Å²) in [6, 6.07) is 33.7. The van der Waals surface area contributed by atoms with Gasteiger partial charge in [-0.3, -0.25) is 0 Å². The largest absolute Gasteiger partial charge is 0.355 e. The smallest absolute Gasteiger partial charge is 0.0463 e. The fourth-order valence-electron chi connectivity index (χ4n) is 6.15. The van der Waals surface area contributed by atoms with Gasteiger partial charge in [0.25, 0.3) is 0 Å². The van der Waals surface area contributed by atoms with Crippen LogP contribution in [-0.4, -0.2) is 0 Å². The molecule has 1 saturated carbocycles. The van der Waals surface area contributed by atoms with Gasteiger partial charge in [0.2, 0.25) is 0 Å². The van der Waals surface area contributed by atoms with E-state index in [9.17, 15) is 0 Å². The normalized spacial score (nSPS) is 16.6. The van der Waals surface area contributed by atoms with Crippen molar-refractivity contribution in [3.05, 3.63) is 108 Å². The van der Waals surface area contributed by atoms with Crippen LogP contribution in [0.25, 0.3) is 22.3 Å². The second-order valence-corrected chi connectivity index (χ2v) is 10.6. The Labute approximate surface area is 203 Å². The van der Waals surface area contributed by atoms with Gasteiger partial charge in [-0.1, -0.05) is 106 Å². The van der Waals surface area contributed by atoms with E-state index in [1.165, 1.54) is 71.0 Å². The molecule has 0 saturated heterocycles. The molecule has 0 spiro atoms. The summed E-state index contributed by atoms with van der Waals surface area (Å²) < 4.78 is 0. The van der Waals surface area contributed by atoms with E-state index in [1.54, 1.807) is 0 Å². The fraction of sp³-hybridized carbons (Fsp3) is 0.273. The van der Waals surface area contributed by atoms with Crippen molar-refractivity contribution in [2.24, 2.45) is 0 Å². The van der Waals surface area contributed by atoms with Gasteiger partial charge in [-0.05, 0) is 70.3 Å². The van der Waals surface area contributed by atoms with Gasteiger partial charge in [-0.25, -0.2) is 0 Å². The first-order chi connectivity index (χ1) is 16.6. The molecule has 0 heterocycles. The Kier molecular flexibility index (Phi) is 5.29. The average Bonchev–Trinajstić information content (AvgIpc) is 3.12. The zero-order chi connectivity index (χ0) is 23.1. The number of rotatable bonds is 4. The van der Waals surface area contributed by atoms with Gasteiger partial charge >= 0.3 is 0 Å². The molecule has 0 amide bonds. The molecule has 4 aromatic carbocycles. The predicted molar refractivity (Wildman–Crippen MR) is 145 cm³/mol. The van der Waals surface area contributed by atoms with Crippen molar-refractivity contribution in [2.45, 2.75) is 57.3 Å². The molecular weight excluding hydrogens is 410 g/mol. The molecule has 2 aliphatic rings. The summed E-state index contributed by atoms with van der Waals surface area (Å²) in [6.45, 7) is 4.67. The highest BCUT2D eigenvalue weighted by atomic mass is 14.9. The van der Waals surface area contributed by atoms with Gasteiger partial charge in [0, 0.05) is 22.4 Å². The van der Waals surface area contributed by atoms with Crippen LogP contribution in [0, 0.1) is 0 Å².